The number of carbonyl (C=O) groups excluding carboxylic acids is 2. The molecule has 1 unspecified atom stereocenters. The number of aryl methyl sites for hydroxylation is 1. The first-order valence-electron chi connectivity index (χ1n) is 9.82. The van der Waals surface area contributed by atoms with Gasteiger partial charge in [0.05, 0.1) is 18.7 Å². The zero-order valence-electron chi connectivity index (χ0n) is 16.7. The Morgan fingerprint density at radius 2 is 1.86 bits per heavy atom. The van der Waals surface area contributed by atoms with Crippen LogP contribution in [0.3, 0.4) is 0 Å². The maximum atomic E-state index is 13.1. The summed E-state index contributed by atoms with van der Waals surface area (Å²) in [5.74, 6) is 1.01. The molecule has 1 aromatic carbocycles. The predicted molar refractivity (Wildman–Crippen MR) is 109 cm³/mol. The number of ether oxygens (including phenoxy) is 1. The van der Waals surface area contributed by atoms with Crippen molar-refractivity contribution in [3.05, 3.63) is 42.2 Å². The quantitative estimate of drug-likeness (QED) is 0.781. The molecule has 2 amide bonds. The molecule has 0 aliphatic carbocycles. The van der Waals surface area contributed by atoms with Gasteiger partial charge in [0.2, 0.25) is 17.8 Å². The van der Waals surface area contributed by atoms with E-state index in [9.17, 15) is 9.59 Å². The Kier molecular flexibility index (Phi) is 5.33. The average Bonchev–Trinajstić information content (AvgIpc) is 3.15. The molecule has 1 aromatic heterocycles. The van der Waals surface area contributed by atoms with Crippen molar-refractivity contribution in [1.29, 1.82) is 0 Å². The SMILES string of the molecule is COc1ccc(C)cc1N1CC(C(=O)N2CCN(c3ncccn3)CC2)CC1=O. The minimum absolute atomic E-state index is 0.0384. The summed E-state index contributed by atoms with van der Waals surface area (Å²) in [6.45, 7) is 4.95. The van der Waals surface area contributed by atoms with Crippen LogP contribution < -0.4 is 14.5 Å². The summed E-state index contributed by atoms with van der Waals surface area (Å²) in [6.07, 6.45) is 3.67. The lowest BCUT2D eigenvalue weighted by Crippen LogP contribution is -2.51. The van der Waals surface area contributed by atoms with Crippen LogP contribution in [-0.4, -0.2) is 66.5 Å². The van der Waals surface area contributed by atoms with E-state index < -0.39 is 0 Å². The zero-order valence-corrected chi connectivity index (χ0v) is 16.7. The van der Waals surface area contributed by atoms with Crippen LogP contribution in [0.1, 0.15) is 12.0 Å². The van der Waals surface area contributed by atoms with E-state index >= 15 is 0 Å². The zero-order chi connectivity index (χ0) is 20.4. The lowest BCUT2D eigenvalue weighted by molar-refractivity contribution is -0.136. The molecule has 1 atom stereocenters. The van der Waals surface area contributed by atoms with Crippen LogP contribution in [0.4, 0.5) is 11.6 Å². The molecule has 2 saturated heterocycles. The van der Waals surface area contributed by atoms with Crippen molar-refractivity contribution in [1.82, 2.24) is 14.9 Å². The molecule has 2 aromatic rings. The van der Waals surface area contributed by atoms with Gasteiger partial charge in [-0.05, 0) is 30.7 Å². The summed E-state index contributed by atoms with van der Waals surface area (Å²) in [5.41, 5.74) is 1.78. The van der Waals surface area contributed by atoms with Crippen LogP contribution in [0.2, 0.25) is 0 Å². The van der Waals surface area contributed by atoms with E-state index in [0.717, 1.165) is 11.3 Å². The maximum absolute atomic E-state index is 13.1. The van der Waals surface area contributed by atoms with Crippen LogP contribution in [-0.2, 0) is 9.59 Å². The van der Waals surface area contributed by atoms with Crippen molar-refractivity contribution in [3.63, 3.8) is 0 Å². The van der Waals surface area contributed by atoms with E-state index in [2.05, 4.69) is 14.9 Å². The van der Waals surface area contributed by atoms with Gasteiger partial charge in [0.25, 0.3) is 0 Å². The van der Waals surface area contributed by atoms with Gasteiger partial charge < -0.3 is 19.4 Å². The first-order chi connectivity index (χ1) is 14.1. The number of rotatable bonds is 4. The van der Waals surface area contributed by atoms with Gasteiger partial charge in [-0.15, -0.1) is 0 Å². The Bertz CT molecular complexity index is 896. The van der Waals surface area contributed by atoms with Crippen molar-refractivity contribution in [2.24, 2.45) is 5.92 Å². The highest BCUT2D eigenvalue weighted by Gasteiger charge is 2.39. The minimum Gasteiger partial charge on any atom is -0.495 e. The molecule has 0 spiro atoms. The number of nitrogens with zero attached hydrogens (tertiary/aromatic N) is 5. The second-order valence-electron chi connectivity index (χ2n) is 7.44. The number of hydrogen-bond donors (Lipinski definition) is 0. The van der Waals surface area contributed by atoms with Crippen molar-refractivity contribution in [2.75, 3.05) is 49.6 Å². The normalized spacial score (nSPS) is 19.6. The smallest absolute Gasteiger partial charge is 0.228 e. The van der Waals surface area contributed by atoms with Crippen molar-refractivity contribution < 1.29 is 14.3 Å². The lowest BCUT2D eigenvalue weighted by Gasteiger charge is -2.35. The number of hydrogen-bond acceptors (Lipinski definition) is 6. The summed E-state index contributed by atoms with van der Waals surface area (Å²) >= 11 is 0. The van der Waals surface area contributed by atoms with Gasteiger partial charge in [-0.2, -0.15) is 0 Å². The topological polar surface area (TPSA) is 78.9 Å². The Hall–Kier alpha value is -3.16. The second kappa shape index (κ2) is 8.06. The Balaban J connectivity index is 1.41. The van der Waals surface area contributed by atoms with Crippen LogP contribution in [0.5, 0.6) is 5.75 Å². The Morgan fingerprint density at radius 3 is 2.55 bits per heavy atom. The van der Waals surface area contributed by atoms with Crippen molar-refractivity contribution >= 4 is 23.5 Å². The predicted octanol–water partition coefficient (Wildman–Crippen LogP) is 1.50. The molecule has 8 heteroatoms. The van der Waals surface area contributed by atoms with Crippen LogP contribution in [0.15, 0.2) is 36.7 Å². The molecule has 4 rings (SSSR count). The van der Waals surface area contributed by atoms with Gasteiger partial charge in [0.15, 0.2) is 0 Å². The molecule has 152 valence electrons. The Morgan fingerprint density at radius 1 is 1.14 bits per heavy atom. The number of benzene rings is 1. The van der Waals surface area contributed by atoms with E-state index in [0.29, 0.717) is 44.4 Å². The van der Waals surface area contributed by atoms with E-state index in [-0.39, 0.29) is 24.2 Å². The van der Waals surface area contributed by atoms with E-state index in [1.165, 1.54) is 0 Å². The molecule has 2 aliphatic rings. The summed E-state index contributed by atoms with van der Waals surface area (Å²) in [7, 11) is 1.59. The molecule has 8 nitrogen and oxygen atoms in total. The first kappa shape index (κ1) is 19.2. The summed E-state index contributed by atoms with van der Waals surface area (Å²) in [5, 5.41) is 0. The number of anilines is 2. The van der Waals surface area contributed by atoms with E-state index in [1.807, 2.05) is 30.0 Å². The Labute approximate surface area is 170 Å². The van der Waals surface area contributed by atoms with Crippen molar-refractivity contribution in [3.8, 4) is 5.75 Å². The number of aromatic nitrogens is 2. The molecule has 2 aliphatic heterocycles. The van der Waals surface area contributed by atoms with Crippen LogP contribution in [0, 0.1) is 12.8 Å². The fourth-order valence-corrected chi connectivity index (χ4v) is 3.96. The monoisotopic (exact) mass is 395 g/mol. The highest BCUT2D eigenvalue weighted by molar-refractivity contribution is 6.01. The van der Waals surface area contributed by atoms with Gasteiger partial charge in [-0.3, -0.25) is 9.59 Å². The van der Waals surface area contributed by atoms with Crippen LogP contribution in [0.25, 0.3) is 0 Å². The molecule has 0 N–H and O–H groups in total. The van der Waals surface area contributed by atoms with Gasteiger partial charge in [0.1, 0.15) is 5.75 Å². The highest BCUT2D eigenvalue weighted by atomic mass is 16.5. The number of amides is 2. The summed E-state index contributed by atoms with van der Waals surface area (Å²) < 4.78 is 5.42. The van der Waals surface area contributed by atoms with Crippen LogP contribution >= 0.6 is 0 Å². The van der Waals surface area contributed by atoms with Gasteiger partial charge >= 0.3 is 0 Å². The molecule has 2 fully saturated rings. The number of carbonyl (C=O) groups is 2. The van der Waals surface area contributed by atoms with E-state index in [4.69, 9.17) is 4.74 Å². The molecule has 3 heterocycles. The number of methoxy groups -OCH3 is 1. The fraction of sp³-hybridized carbons (Fsp3) is 0.429. The lowest BCUT2D eigenvalue weighted by atomic mass is 10.1. The van der Waals surface area contributed by atoms with E-state index in [1.54, 1.807) is 30.5 Å². The average molecular weight is 395 g/mol. The summed E-state index contributed by atoms with van der Waals surface area (Å²) in [4.78, 5) is 39.9. The molecule has 0 bridgehead atoms. The second-order valence-corrected chi connectivity index (χ2v) is 7.44. The van der Waals surface area contributed by atoms with Gasteiger partial charge in [-0.25, -0.2) is 9.97 Å². The maximum Gasteiger partial charge on any atom is 0.228 e. The summed E-state index contributed by atoms with van der Waals surface area (Å²) in [6, 6.07) is 7.52. The third-order valence-electron chi connectivity index (χ3n) is 5.53. The minimum atomic E-state index is -0.327. The molecule has 0 radical (unpaired) electrons. The first-order valence-corrected chi connectivity index (χ1v) is 9.82. The molecular weight excluding hydrogens is 370 g/mol. The third-order valence-corrected chi connectivity index (χ3v) is 5.53. The number of piperazine rings is 1. The largest absolute Gasteiger partial charge is 0.495 e. The van der Waals surface area contributed by atoms with Gasteiger partial charge in [0, 0.05) is 51.5 Å². The fourth-order valence-electron chi connectivity index (χ4n) is 3.96. The third kappa shape index (κ3) is 3.87. The van der Waals surface area contributed by atoms with Gasteiger partial charge in [-0.1, -0.05) is 6.07 Å². The molecular formula is C21H25N5O3. The standard InChI is InChI=1S/C21H25N5O3/c1-15-4-5-18(29-2)17(12-15)26-14-16(13-19(26)27)20(28)24-8-10-25(11-9-24)21-22-6-3-7-23-21/h3-7,12,16H,8-11,13-14H2,1-2H3. The molecule has 29 heavy (non-hydrogen) atoms. The highest BCUT2D eigenvalue weighted by Crippen LogP contribution is 2.34. The van der Waals surface area contributed by atoms with Crippen molar-refractivity contribution in [2.45, 2.75) is 13.3 Å². The molecule has 0 saturated carbocycles.